The van der Waals surface area contributed by atoms with Gasteiger partial charge in [0.05, 0.1) is 23.0 Å². The van der Waals surface area contributed by atoms with Crippen molar-refractivity contribution in [1.29, 1.82) is 5.26 Å². The molecule has 0 atom stereocenters. The number of hydrogen-bond acceptors (Lipinski definition) is 5. The molecule has 0 spiro atoms. The van der Waals surface area contributed by atoms with Gasteiger partial charge >= 0.3 is 0 Å². The van der Waals surface area contributed by atoms with Crippen molar-refractivity contribution in [2.24, 2.45) is 0 Å². The van der Waals surface area contributed by atoms with E-state index in [4.69, 9.17) is 17.5 Å². The van der Waals surface area contributed by atoms with Gasteiger partial charge in [-0.25, -0.2) is 18.2 Å². The SMILES string of the molecule is CNC(=O)c1ccc(N(C(=S)N(C)c2cnc(C#N)c(C(F)F)c2)C2(C=O)CCC2)cc1F. The van der Waals surface area contributed by atoms with Gasteiger partial charge in [0.1, 0.15) is 29.4 Å². The van der Waals surface area contributed by atoms with E-state index in [2.05, 4.69) is 10.3 Å². The number of halogens is 3. The number of nitrogens with one attached hydrogen (secondary N) is 1. The highest BCUT2D eigenvalue weighted by Crippen LogP contribution is 2.40. The number of thiocarbonyl (C=S) groups is 1. The average Bonchev–Trinajstić information content (AvgIpc) is 2.79. The standard InChI is InChI=1S/C22H20F3N5O2S/c1-27-20(32)15-5-4-13(9-17(15)23)30(22(12-31)6-3-7-22)21(33)29(2)14-8-16(19(24)25)18(10-26)28-11-14/h4-5,8-9,11-12,19H,3,6-7H2,1-2H3,(H,27,32). The molecule has 7 nitrogen and oxygen atoms in total. The smallest absolute Gasteiger partial charge is 0.266 e. The summed E-state index contributed by atoms with van der Waals surface area (Å²) in [6.45, 7) is 0. The highest BCUT2D eigenvalue weighted by atomic mass is 32.1. The van der Waals surface area contributed by atoms with Gasteiger partial charge in [0.25, 0.3) is 12.3 Å². The van der Waals surface area contributed by atoms with Gasteiger partial charge in [-0.05, 0) is 55.7 Å². The number of pyridine rings is 1. The first-order chi connectivity index (χ1) is 15.7. The Kier molecular flexibility index (Phi) is 6.98. The second-order valence-corrected chi connectivity index (χ2v) is 7.90. The van der Waals surface area contributed by atoms with Crippen LogP contribution in [-0.4, -0.2) is 41.9 Å². The van der Waals surface area contributed by atoms with Crippen molar-refractivity contribution in [2.75, 3.05) is 23.9 Å². The van der Waals surface area contributed by atoms with Crippen molar-refractivity contribution in [2.45, 2.75) is 31.2 Å². The van der Waals surface area contributed by atoms with Crippen molar-refractivity contribution in [3.05, 3.63) is 53.1 Å². The third kappa shape index (κ3) is 4.39. The van der Waals surface area contributed by atoms with Crippen LogP contribution in [0.3, 0.4) is 0 Å². The number of carbonyl (C=O) groups excluding carboxylic acids is 2. The molecular formula is C22H20F3N5O2S. The van der Waals surface area contributed by atoms with E-state index >= 15 is 0 Å². The Balaban J connectivity index is 2.06. The molecule has 11 heteroatoms. The Bertz CT molecular complexity index is 1150. The van der Waals surface area contributed by atoms with Gasteiger partial charge in [-0.15, -0.1) is 0 Å². The van der Waals surface area contributed by atoms with E-state index in [0.29, 0.717) is 12.8 Å². The quantitative estimate of drug-likeness (QED) is 0.503. The predicted molar refractivity (Wildman–Crippen MR) is 120 cm³/mol. The number of aromatic nitrogens is 1. The molecule has 0 saturated heterocycles. The van der Waals surface area contributed by atoms with Crippen LogP contribution >= 0.6 is 12.2 Å². The molecule has 1 fully saturated rings. The topological polar surface area (TPSA) is 89.3 Å². The molecule has 1 aliphatic rings. The Morgan fingerprint density at radius 2 is 2.03 bits per heavy atom. The minimum Gasteiger partial charge on any atom is -0.355 e. The maximum atomic E-state index is 14.7. The van der Waals surface area contributed by atoms with Crippen LogP contribution in [0.15, 0.2) is 30.5 Å². The second kappa shape index (κ2) is 9.54. The molecule has 1 amide bonds. The largest absolute Gasteiger partial charge is 0.355 e. The van der Waals surface area contributed by atoms with Gasteiger partial charge in [0.2, 0.25) is 0 Å². The summed E-state index contributed by atoms with van der Waals surface area (Å²) in [6, 6.07) is 6.59. The number of anilines is 2. The van der Waals surface area contributed by atoms with Crippen LogP contribution < -0.4 is 15.1 Å². The number of amides is 1. The predicted octanol–water partition coefficient (Wildman–Crippen LogP) is 3.74. The molecule has 1 aliphatic carbocycles. The van der Waals surface area contributed by atoms with E-state index in [1.807, 2.05) is 0 Å². The third-order valence-corrected chi connectivity index (χ3v) is 6.13. The highest BCUT2D eigenvalue weighted by Gasteiger charge is 2.45. The first-order valence-electron chi connectivity index (χ1n) is 9.93. The fraction of sp³-hybridized carbons (Fsp3) is 0.318. The highest BCUT2D eigenvalue weighted by molar-refractivity contribution is 7.80. The summed E-state index contributed by atoms with van der Waals surface area (Å²) in [6.07, 6.45) is 0.689. The number of alkyl halides is 2. The Morgan fingerprint density at radius 3 is 2.52 bits per heavy atom. The zero-order valence-electron chi connectivity index (χ0n) is 17.8. The van der Waals surface area contributed by atoms with Crippen LogP contribution in [0.1, 0.15) is 47.3 Å². The summed E-state index contributed by atoms with van der Waals surface area (Å²) in [7, 11) is 2.88. The van der Waals surface area contributed by atoms with Gasteiger partial charge in [-0.1, -0.05) is 0 Å². The normalized spacial score (nSPS) is 14.1. The van der Waals surface area contributed by atoms with E-state index < -0.39 is 34.9 Å². The van der Waals surface area contributed by atoms with E-state index in [0.717, 1.165) is 24.8 Å². The lowest BCUT2D eigenvalue weighted by atomic mass is 9.76. The fourth-order valence-corrected chi connectivity index (χ4v) is 4.02. The van der Waals surface area contributed by atoms with Crippen molar-refractivity contribution in [3.8, 4) is 6.07 Å². The molecule has 1 aromatic heterocycles. The minimum atomic E-state index is -2.93. The number of benzene rings is 1. The number of nitriles is 1. The van der Waals surface area contributed by atoms with Crippen molar-refractivity contribution >= 4 is 40.9 Å². The number of aldehydes is 1. The van der Waals surface area contributed by atoms with E-state index in [1.165, 1.54) is 42.2 Å². The number of rotatable bonds is 6. The molecule has 0 aliphatic heterocycles. The molecule has 3 rings (SSSR count). The van der Waals surface area contributed by atoms with Crippen LogP contribution in [0.5, 0.6) is 0 Å². The summed E-state index contributed by atoms with van der Waals surface area (Å²) < 4.78 is 41.5. The monoisotopic (exact) mass is 475 g/mol. The molecule has 2 aromatic rings. The zero-order valence-corrected chi connectivity index (χ0v) is 18.6. The first-order valence-corrected chi connectivity index (χ1v) is 10.3. The van der Waals surface area contributed by atoms with E-state index in [-0.39, 0.29) is 22.1 Å². The number of hydrogen-bond donors (Lipinski definition) is 1. The van der Waals surface area contributed by atoms with Gasteiger partial charge in [-0.3, -0.25) is 4.79 Å². The molecule has 33 heavy (non-hydrogen) atoms. The second-order valence-electron chi connectivity index (χ2n) is 7.54. The Morgan fingerprint density at radius 1 is 1.33 bits per heavy atom. The van der Waals surface area contributed by atoms with Gasteiger partial charge in [0, 0.05) is 19.8 Å². The molecule has 1 N–H and O–H groups in total. The third-order valence-electron chi connectivity index (χ3n) is 5.68. The molecule has 1 saturated carbocycles. The maximum Gasteiger partial charge on any atom is 0.266 e. The van der Waals surface area contributed by atoms with Gasteiger partial charge in [-0.2, -0.15) is 5.26 Å². The van der Waals surface area contributed by atoms with E-state index in [1.54, 1.807) is 6.07 Å². The zero-order chi connectivity index (χ0) is 24.3. The average molecular weight is 475 g/mol. The minimum absolute atomic E-state index is 0.0422. The Hall–Kier alpha value is -3.52. The molecule has 0 unspecified atom stereocenters. The molecule has 1 aromatic carbocycles. The Labute approximate surface area is 193 Å². The lowest BCUT2D eigenvalue weighted by molar-refractivity contribution is -0.114. The summed E-state index contributed by atoms with van der Waals surface area (Å²) >= 11 is 5.61. The first kappa shape index (κ1) is 24.1. The van der Waals surface area contributed by atoms with Crippen molar-refractivity contribution in [3.63, 3.8) is 0 Å². The lowest BCUT2D eigenvalue weighted by Crippen LogP contribution is -2.60. The molecule has 1 heterocycles. The lowest BCUT2D eigenvalue weighted by Gasteiger charge is -2.48. The van der Waals surface area contributed by atoms with Crippen LogP contribution in [0, 0.1) is 17.1 Å². The summed E-state index contributed by atoms with van der Waals surface area (Å²) in [5, 5.41) is 11.4. The molecule has 172 valence electrons. The molecule has 0 bridgehead atoms. The van der Waals surface area contributed by atoms with Gasteiger partial charge < -0.3 is 19.9 Å². The summed E-state index contributed by atoms with van der Waals surface area (Å²) in [4.78, 5) is 30.6. The van der Waals surface area contributed by atoms with Gasteiger partial charge in [0.15, 0.2) is 5.11 Å². The number of carbonyl (C=O) groups is 2. The van der Waals surface area contributed by atoms with E-state index in [9.17, 15) is 22.8 Å². The molecular weight excluding hydrogens is 455 g/mol. The summed E-state index contributed by atoms with van der Waals surface area (Å²) in [5.74, 6) is -1.41. The fourth-order valence-electron chi connectivity index (χ4n) is 3.63. The maximum absolute atomic E-state index is 14.7. The van der Waals surface area contributed by atoms with Crippen LogP contribution in [0.2, 0.25) is 0 Å². The van der Waals surface area contributed by atoms with Crippen LogP contribution in [0.4, 0.5) is 24.5 Å². The molecule has 0 radical (unpaired) electrons. The number of nitrogens with zero attached hydrogens (tertiary/aromatic N) is 4. The van der Waals surface area contributed by atoms with Crippen LogP contribution in [-0.2, 0) is 4.79 Å². The summed E-state index contributed by atoms with van der Waals surface area (Å²) in [5.41, 5.74) is -1.77. The van der Waals surface area contributed by atoms with Crippen molar-refractivity contribution < 1.29 is 22.8 Å². The van der Waals surface area contributed by atoms with Crippen molar-refractivity contribution in [1.82, 2.24) is 10.3 Å². The van der Waals surface area contributed by atoms with Crippen LogP contribution in [0.25, 0.3) is 0 Å².